The number of nitriles is 1. The van der Waals surface area contributed by atoms with Gasteiger partial charge in [-0.15, -0.1) is 0 Å². The molecule has 0 aromatic heterocycles. The number of benzene rings is 1. The summed E-state index contributed by atoms with van der Waals surface area (Å²) in [5, 5.41) is 18.2. The van der Waals surface area contributed by atoms with E-state index < -0.39 is 14.9 Å². The van der Waals surface area contributed by atoms with E-state index in [2.05, 4.69) is 5.16 Å². The Kier molecular flexibility index (Phi) is 2.84. The second kappa shape index (κ2) is 3.89. The molecule has 0 aliphatic heterocycles. The molecule has 0 bridgehead atoms. The highest BCUT2D eigenvalue weighted by molar-refractivity contribution is 8.07. The van der Waals surface area contributed by atoms with E-state index in [4.69, 9.17) is 10.5 Å². The Hall–Kier alpha value is -1.87. The summed E-state index contributed by atoms with van der Waals surface area (Å²) in [4.78, 5) is -0.0747. The van der Waals surface area contributed by atoms with Crippen molar-refractivity contribution in [2.75, 3.05) is 0 Å². The minimum absolute atomic E-state index is 0.0747. The van der Waals surface area contributed by atoms with Gasteiger partial charge in [0.25, 0.3) is 5.04 Å². The normalized spacial score (nSPS) is 12.1. The van der Waals surface area contributed by atoms with Crippen LogP contribution >= 0.6 is 0 Å². The predicted molar refractivity (Wildman–Crippen MR) is 48.5 cm³/mol. The summed E-state index contributed by atoms with van der Waals surface area (Å²) >= 11 is 0. The first-order chi connectivity index (χ1) is 6.62. The Balaban J connectivity index is 3.32. The Bertz CT molecular complexity index is 485. The van der Waals surface area contributed by atoms with Gasteiger partial charge in [0.2, 0.25) is 9.84 Å². The van der Waals surface area contributed by atoms with Crippen LogP contribution in [0.1, 0.15) is 0 Å². The lowest BCUT2D eigenvalue weighted by Gasteiger charge is -1.98. The summed E-state index contributed by atoms with van der Waals surface area (Å²) in [5.41, 5.74) is 0. The number of sulfone groups is 1. The van der Waals surface area contributed by atoms with Gasteiger partial charge in [0.1, 0.15) is 6.07 Å². The van der Waals surface area contributed by atoms with Crippen molar-refractivity contribution in [1.29, 1.82) is 5.26 Å². The first-order valence-corrected chi connectivity index (χ1v) is 5.03. The molecule has 1 N–H and O–H groups in total. The van der Waals surface area contributed by atoms with E-state index in [0.29, 0.717) is 0 Å². The van der Waals surface area contributed by atoms with E-state index in [1.54, 1.807) is 6.07 Å². The van der Waals surface area contributed by atoms with Crippen molar-refractivity contribution < 1.29 is 13.6 Å². The van der Waals surface area contributed by atoms with Crippen molar-refractivity contribution in [3.8, 4) is 6.07 Å². The fourth-order valence-corrected chi connectivity index (χ4v) is 1.81. The Morgan fingerprint density at radius 3 is 2.36 bits per heavy atom. The zero-order valence-corrected chi connectivity index (χ0v) is 7.77. The van der Waals surface area contributed by atoms with Crippen LogP contribution in [0.3, 0.4) is 0 Å². The third-order valence-corrected chi connectivity index (χ3v) is 3.07. The highest BCUT2D eigenvalue weighted by Gasteiger charge is 2.22. The maximum atomic E-state index is 11.5. The monoisotopic (exact) mass is 210 g/mol. The van der Waals surface area contributed by atoms with Crippen LogP contribution in [0.25, 0.3) is 0 Å². The molecule has 14 heavy (non-hydrogen) atoms. The molecular formula is C8H6N2O3S. The summed E-state index contributed by atoms with van der Waals surface area (Å²) in [7, 11) is -3.96. The molecule has 0 unspecified atom stereocenters. The van der Waals surface area contributed by atoms with Crippen molar-refractivity contribution in [2.45, 2.75) is 4.90 Å². The van der Waals surface area contributed by atoms with Crippen molar-refractivity contribution in [1.82, 2.24) is 0 Å². The minimum atomic E-state index is -3.96. The lowest BCUT2D eigenvalue weighted by atomic mass is 10.4. The Labute approximate surface area is 80.8 Å². The van der Waals surface area contributed by atoms with Crippen LogP contribution in [0.5, 0.6) is 0 Å². The first kappa shape index (κ1) is 10.2. The second-order valence-electron chi connectivity index (χ2n) is 2.33. The summed E-state index contributed by atoms with van der Waals surface area (Å²) < 4.78 is 23.0. The SMILES string of the molecule is N#C/C(=N\O)S(=O)(=O)c1ccccc1. The van der Waals surface area contributed by atoms with Crippen molar-refractivity contribution in [3.05, 3.63) is 30.3 Å². The van der Waals surface area contributed by atoms with Gasteiger partial charge >= 0.3 is 0 Å². The number of nitrogens with zero attached hydrogens (tertiary/aromatic N) is 2. The van der Waals surface area contributed by atoms with Gasteiger partial charge in [-0.2, -0.15) is 5.26 Å². The minimum Gasteiger partial charge on any atom is -0.409 e. The third kappa shape index (κ3) is 1.72. The highest BCUT2D eigenvalue weighted by Crippen LogP contribution is 2.11. The maximum Gasteiger partial charge on any atom is 0.275 e. The molecule has 72 valence electrons. The maximum absolute atomic E-state index is 11.5. The van der Waals surface area contributed by atoms with E-state index in [0.717, 1.165) is 0 Å². The largest absolute Gasteiger partial charge is 0.409 e. The predicted octanol–water partition coefficient (Wildman–Crippen LogP) is 0.772. The smallest absolute Gasteiger partial charge is 0.275 e. The lowest BCUT2D eigenvalue weighted by Crippen LogP contribution is -2.12. The fraction of sp³-hybridized carbons (Fsp3) is 0. The molecule has 0 spiro atoms. The molecule has 1 aromatic carbocycles. The quantitative estimate of drug-likeness (QED) is 0.321. The van der Waals surface area contributed by atoms with Crippen molar-refractivity contribution >= 4 is 14.9 Å². The summed E-state index contributed by atoms with van der Waals surface area (Å²) in [6.07, 6.45) is 0. The molecule has 0 fully saturated rings. The Morgan fingerprint density at radius 2 is 1.93 bits per heavy atom. The summed E-state index contributed by atoms with van der Waals surface area (Å²) in [6, 6.07) is 8.60. The van der Waals surface area contributed by atoms with Crippen LogP contribution < -0.4 is 0 Å². The molecule has 0 radical (unpaired) electrons. The van der Waals surface area contributed by atoms with E-state index in [1.807, 2.05) is 0 Å². The van der Waals surface area contributed by atoms with E-state index in [1.165, 1.54) is 30.3 Å². The van der Waals surface area contributed by atoms with Gasteiger partial charge in [-0.1, -0.05) is 23.4 Å². The number of oxime groups is 1. The molecule has 0 amide bonds. The van der Waals surface area contributed by atoms with Gasteiger partial charge in [0.15, 0.2) is 0 Å². The van der Waals surface area contributed by atoms with E-state index in [9.17, 15) is 8.42 Å². The zero-order chi connectivity index (χ0) is 10.6. The topological polar surface area (TPSA) is 90.5 Å². The van der Waals surface area contributed by atoms with Crippen molar-refractivity contribution in [3.63, 3.8) is 0 Å². The molecule has 6 heteroatoms. The van der Waals surface area contributed by atoms with Crippen LogP contribution in [-0.2, 0) is 9.84 Å². The lowest BCUT2D eigenvalue weighted by molar-refractivity contribution is 0.321. The molecule has 0 atom stereocenters. The molecule has 5 nitrogen and oxygen atoms in total. The molecule has 1 rings (SSSR count). The van der Waals surface area contributed by atoms with E-state index >= 15 is 0 Å². The highest BCUT2D eigenvalue weighted by atomic mass is 32.2. The number of hydrogen-bond acceptors (Lipinski definition) is 5. The third-order valence-electron chi connectivity index (χ3n) is 1.49. The van der Waals surface area contributed by atoms with Gasteiger partial charge in [0.05, 0.1) is 4.90 Å². The molecule has 1 aromatic rings. The molecule has 0 aliphatic carbocycles. The van der Waals surface area contributed by atoms with Crippen LogP contribution in [0.15, 0.2) is 40.4 Å². The molecular weight excluding hydrogens is 204 g/mol. The summed E-state index contributed by atoms with van der Waals surface area (Å²) in [6.45, 7) is 0. The average molecular weight is 210 g/mol. The van der Waals surface area contributed by atoms with Gasteiger partial charge in [0, 0.05) is 0 Å². The Morgan fingerprint density at radius 1 is 1.36 bits per heavy atom. The van der Waals surface area contributed by atoms with Crippen LogP contribution in [-0.4, -0.2) is 18.7 Å². The van der Waals surface area contributed by atoms with Gasteiger partial charge < -0.3 is 5.21 Å². The van der Waals surface area contributed by atoms with Crippen LogP contribution in [0.4, 0.5) is 0 Å². The molecule has 0 saturated heterocycles. The summed E-state index contributed by atoms with van der Waals surface area (Å²) in [5.74, 6) is 0. The fourth-order valence-electron chi connectivity index (χ4n) is 0.847. The van der Waals surface area contributed by atoms with Gasteiger partial charge in [-0.3, -0.25) is 0 Å². The molecule has 0 heterocycles. The molecule has 0 aliphatic rings. The standard InChI is InChI=1S/C8H6N2O3S/c9-6-8(10-11)14(12,13)7-4-2-1-3-5-7/h1-5,11H/b10-8+. The zero-order valence-electron chi connectivity index (χ0n) is 6.95. The van der Waals surface area contributed by atoms with Gasteiger partial charge in [-0.25, -0.2) is 8.42 Å². The van der Waals surface area contributed by atoms with E-state index in [-0.39, 0.29) is 4.90 Å². The average Bonchev–Trinajstić information content (AvgIpc) is 2.20. The molecule has 0 saturated carbocycles. The number of rotatable bonds is 1. The first-order valence-electron chi connectivity index (χ1n) is 3.55. The van der Waals surface area contributed by atoms with Gasteiger partial charge in [-0.05, 0) is 12.1 Å². The van der Waals surface area contributed by atoms with Crippen LogP contribution in [0.2, 0.25) is 0 Å². The second-order valence-corrected chi connectivity index (χ2v) is 4.20. The number of hydrogen-bond donors (Lipinski definition) is 1. The van der Waals surface area contributed by atoms with Crippen molar-refractivity contribution in [2.24, 2.45) is 5.16 Å². The van der Waals surface area contributed by atoms with Crippen LogP contribution in [0, 0.1) is 11.3 Å².